The molecule has 0 amide bonds. The Hall–Kier alpha value is -1.14. The lowest BCUT2D eigenvalue weighted by Gasteiger charge is -2.53. The van der Waals surface area contributed by atoms with Gasteiger partial charge < -0.3 is 18.9 Å². The van der Waals surface area contributed by atoms with E-state index >= 15 is 0 Å². The van der Waals surface area contributed by atoms with Crippen LogP contribution in [0.3, 0.4) is 0 Å². The van der Waals surface area contributed by atoms with Gasteiger partial charge in [0.2, 0.25) is 12.6 Å². The van der Waals surface area contributed by atoms with E-state index in [9.17, 15) is 9.59 Å². The molecule has 0 radical (unpaired) electrons. The molecule has 6 nitrogen and oxygen atoms in total. The highest BCUT2D eigenvalue weighted by Gasteiger charge is 2.75. The summed E-state index contributed by atoms with van der Waals surface area (Å²) in [5, 5.41) is 0. The molecular formula is C23H36O6. The fourth-order valence-electron chi connectivity index (χ4n) is 7.33. The van der Waals surface area contributed by atoms with E-state index in [4.69, 9.17) is 18.9 Å². The van der Waals surface area contributed by atoms with Gasteiger partial charge in [0.15, 0.2) is 0 Å². The van der Waals surface area contributed by atoms with E-state index in [0.29, 0.717) is 11.3 Å². The molecule has 2 heterocycles. The van der Waals surface area contributed by atoms with Crippen LogP contribution in [-0.4, -0.2) is 36.2 Å². The van der Waals surface area contributed by atoms with Crippen molar-refractivity contribution in [1.29, 1.82) is 0 Å². The van der Waals surface area contributed by atoms with Gasteiger partial charge in [-0.3, -0.25) is 9.59 Å². The van der Waals surface area contributed by atoms with E-state index in [2.05, 4.69) is 27.7 Å². The van der Waals surface area contributed by atoms with Crippen molar-refractivity contribution < 1.29 is 28.5 Å². The molecule has 4 aliphatic rings. The van der Waals surface area contributed by atoms with Crippen LogP contribution in [0.4, 0.5) is 0 Å². The molecule has 2 aliphatic heterocycles. The molecule has 4 rings (SSSR count). The SMILES string of the molecule is CC(=O)OC1OC(OC(C)=O)C2C1CC[C@H](C1(C)CCCC(C)(C)C1)[C@]21O[C@H]1C. The number of carbonyl (C=O) groups excluding carboxylic acids is 2. The number of rotatable bonds is 3. The van der Waals surface area contributed by atoms with Crippen molar-refractivity contribution in [1.82, 2.24) is 0 Å². The van der Waals surface area contributed by atoms with Gasteiger partial charge in [-0.15, -0.1) is 0 Å². The zero-order valence-corrected chi connectivity index (χ0v) is 18.7. The monoisotopic (exact) mass is 408 g/mol. The van der Waals surface area contributed by atoms with E-state index < -0.39 is 12.6 Å². The van der Waals surface area contributed by atoms with Crippen LogP contribution in [0.1, 0.15) is 80.1 Å². The molecule has 2 aliphatic carbocycles. The summed E-state index contributed by atoms with van der Waals surface area (Å²) in [6.07, 6.45) is 5.46. The summed E-state index contributed by atoms with van der Waals surface area (Å²) in [5.74, 6) is -0.494. The minimum atomic E-state index is -0.727. The molecule has 0 aromatic carbocycles. The molecule has 0 aromatic heterocycles. The molecule has 1 spiro atoms. The van der Waals surface area contributed by atoms with Crippen molar-refractivity contribution in [2.45, 2.75) is 104 Å². The molecule has 164 valence electrons. The number of hydrogen-bond donors (Lipinski definition) is 0. The Morgan fingerprint density at radius 3 is 2.14 bits per heavy atom. The van der Waals surface area contributed by atoms with E-state index in [1.807, 2.05) is 0 Å². The first kappa shape index (κ1) is 21.1. The summed E-state index contributed by atoms with van der Waals surface area (Å²) in [7, 11) is 0. The minimum Gasteiger partial charge on any atom is -0.435 e. The second-order valence-electron chi connectivity index (χ2n) is 10.9. The van der Waals surface area contributed by atoms with Crippen LogP contribution < -0.4 is 0 Å². The summed E-state index contributed by atoms with van der Waals surface area (Å²) >= 11 is 0. The van der Waals surface area contributed by atoms with Gasteiger partial charge in [0.25, 0.3) is 0 Å². The second-order valence-corrected chi connectivity index (χ2v) is 10.9. The molecule has 0 N–H and O–H groups in total. The molecule has 4 fully saturated rings. The standard InChI is InChI=1S/C23H36O6/c1-13-23(29-13)17(22(6)11-7-10-21(4,5)12-22)9-8-16-18(23)20(27-15(3)25)28-19(16)26-14(2)24/h13,16-20H,7-12H2,1-6H3/t13-,16?,17+,18?,19?,20?,22?,23-/m0/s1. The van der Waals surface area contributed by atoms with E-state index in [1.165, 1.54) is 39.5 Å². The average molecular weight is 409 g/mol. The van der Waals surface area contributed by atoms with Crippen LogP contribution >= 0.6 is 0 Å². The van der Waals surface area contributed by atoms with E-state index in [0.717, 1.165) is 12.8 Å². The lowest BCUT2D eigenvalue weighted by atomic mass is 9.51. The van der Waals surface area contributed by atoms with Crippen LogP contribution in [0.25, 0.3) is 0 Å². The first-order valence-corrected chi connectivity index (χ1v) is 11.2. The van der Waals surface area contributed by atoms with Gasteiger partial charge in [0.05, 0.1) is 12.0 Å². The summed E-state index contributed by atoms with van der Waals surface area (Å²) in [5.41, 5.74) is 0.128. The van der Waals surface area contributed by atoms with Crippen molar-refractivity contribution in [3.8, 4) is 0 Å². The second kappa shape index (κ2) is 6.94. The third-order valence-corrected chi connectivity index (χ3v) is 8.07. The van der Waals surface area contributed by atoms with E-state index in [-0.39, 0.29) is 40.9 Å². The number of carbonyl (C=O) groups is 2. The molecule has 0 bridgehead atoms. The Morgan fingerprint density at radius 2 is 1.59 bits per heavy atom. The Bertz CT molecular complexity index is 689. The number of epoxide rings is 1. The molecule has 0 aromatic rings. The van der Waals surface area contributed by atoms with Crippen LogP contribution in [0.15, 0.2) is 0 Å². The number of hydrogen-bond acceptors (Lipinski definition) is 6. The first-order valence-electron chi connectivity index (χ1n) is 11.2. The topological polar surface area (TPSA) is 74.4 Å². The van der Waals surface area contributed by atoms with Crippen molar-refractivity contribution in [2.24, 2.45) is 28.6 Å². The Balaban J connectivity index is 1.67. The lowest BCUT2D eigenvalue weighted by molar-refractivity contribution is -0.216. The van der Waals surface area contributed by atoms with Crippen molar-refractivity contribution >= 4 is 11.9 Å². The van der Waals surface area contributed by atoms with E-state index in [1.54, 1.807) is 0 Å². The van der Waals surface area contributed by atoms with Gasteiger partial charge in [0.1, 0.15) is 5.60 Å². The summed E-state index contributed by atoms with van der Waals surface area (Å²) in [6, 6.07) is 0. The van der Waals surface area contributed by atoms with Gasteiger partial charge in [-0.1, -0.05) is 27.2 Å². The summed E-state index contributed by atoms with van der Waals surface area (Å²) < 4.78 is 23.5. The maximum absolute atomic E-state index is 11.8. The average Bonchev–Trinajstić information content (AvgIpc) is 3.07. The van der Waals surface area contributed by atoms with Crippen LogP contribution in [0.5, 0.6) is 0 Å². The fraction of sp³-hybridized carbons (Fsp3) is 0.913. The molecular weight excluding hydrogens is 372 g/mol. The number of fused-ring (bicyclic) bond motifs is 2. The third kappa shape index (κ3) is 3.50. The normalized spacial score (nSPS) is 48.1. The Morgan fingerprint density at radius 1 is 0.966 bits per heavy atom. The highest BCUT2D eigenvalue weighted by atomic mass is 16.8. The van der Waals surface area contributed by atoms with Crippen molar-refractivity contribution in [3.63, 3.8) is 0 Å². The summed E-state index contributed by atoms with van der Waals surface area (Å²) in [6.45, 7) is 12.1. The predicted octanol–water partition coefficient (Wildman–Crippen LogP) is 4.20. The summed E-state index contributed by atoms with van der Waals surface area (Å²) in [4.78, 5) is 23.4. The number of esters is 2. The minimum absolute atomic E-state index is 0.00958. The molecule has 6 heteroatoms. The van der Waals surface area contributed by atoms with Gasteiger partial charge in [0, 0.05) is 19.8 Å². The smallest absolute Gasteiger partial charge is 0.304 e. The largest absolute Gasteiger partial charge is 0.435 e. The molecule has 8 atom stereocenters. The highest BCUT2D eigenvalue weighted by molar-refractivity contribution is 5.66. The molecule has 29 heavy (non-hydrogen) atoms. The van der Waals surface area contributed by atoms with Gasteiger partial charge in [-0.05, 0) is 55.8 Å². The lowest BCUT2D eigenvalue weighted by Crippen LogP contribution is -2.54. The van der Waals surface area contributed by atoms with Crippen LogP contribution in [-0.2, 0) is 28.5 Å². The zero-order valence-electron chi connectivity index (χ0n) is 18.7. The zero-order chi connectivity index (χ0) is 21.2. The van der Waals surface area contributed by atoms with Gasteiger partial charge >= 0.3 is 11.9 Å². The Kier molecular flexibility index (Phi) is 5.05. The van der Waals surface area contributed by atoms with Gasteiger partial charge in [-0.25, -0.2) is 0 Å². The quantitative estimate of drug-likeness (QED) is 0.515. The first-order chi connectivity index (χ1) is 13.5. The van der Waals surface area contributed by atoms with Crippen LogP contribution in [0, 0.1) is 28.6 Å². The van der Waals surface area contributed by atoms with Crippen molar-refractivity contribution in [2.75, 3.05) is 0 Å². The molecule has 2 saturated carbocycles. The fourth-order valence-corrected chi connectivity index (χ4v) is 7.33. The maximum Gasteiger partial charge on any atom is 0.304 e. The Labute approximate surface area is 174 Å². The third-order valence-electron chi connectivity index (χ3n) is 8.07. The van der Waals surface area contributed by atoms with Crippen molar-refractivity contribution in [3.05, 3.63) is 0 Å². The maximum atomic E-state index is 11.8. The predicted molar refractivity (Wildman–Crippen MR) is 106 cm³/mol. The number of ether oxygens (including phenoxy) is 4. The molecule has 2 saturated heterocycles. The highest BCUT2D eigenvalue weighted by Crippen LogP contribution is 2.67. The van der Waals surface area contributed by atoms with Gasteiger partial charge in [-0.2, -0.15) is 0 Å². The molecule has 5 unspecified atom stereocenters. The van der Waals surface area contributed by atoms with Crippen LogP contribution in [0.2, 0.25) is 0 Å².